The van der Waals surface area contributed by atoms with E-state index >= 15 is 0 Å². The lowest BCUT2D eigenvalue weighted by atomic mass is 9.99. The Hall–Kier alpha value is -1.53. The highest BCUT2D eigenvalue weighted by atomic mass is 31.2. The Labute approximate surface area is 183 Å². The summed E-state index contributed by atoms with van der Waals surface area (Å²) in [6, 6.07) is 15.4. The molecule has 2 aromatic carbocycles. The number of hydrogen-bond acceptors (Lipinski definition) is 2. The van der Waals surface area contributed by atoms with Gasteiger partial charge in [0.25, 0.3) is 0 Å². The molecule has 0 N–H and O–H groups in total. The molecule has 2 aliphatic rings. The zero-order valence-corrected chi connectivity index (χ0v) is 19.9. The molecule has 2 fully saturated rings. The second-order valence-corrected chi connectivity index (χ2v) is 13.5. The van der Waals surface area contributed by atoms with Crippen molar-refractivity contribution in [2.75, 3.05) is 20.9 Å². The summed E-state index contributed by atoms with van der Waals surface area (Å²) in [6.45, 7) is 2.71. The molecule has 0 amide bonds. The summed E-state index contributed by atoms with van der Waals surface area (Å²) in [7, 11) is 2.20. The largest absolute Gasteiger partial charge is 0.496 e. The zero-order chi connectivity index (χ0) is 21.0. The van der Waals surface area contributed by atoms with Crippen LogP contribution >= 0.6 is 7.26 Å². The van der Waals surface area contributed by atoms with Gasteiger partial charge in [-0.2, -0.15) is 0 Å². The fourth-order valence-corrected chi connectivity index (χ4v) is 11.5. The first kappa shape index (κ1) is 21.7. The minimum atomic E-state index is -1.35. The Morgan fingerprint density at radius 3 is 1.67 bits per heavy atom. The van der Waals surface area contributed by atoms with E-state index < -0.39 is 7.26 Å². The molecule has 0 atom stereocenters. The van der Waals surface area contributed by atoms with E-state index in [1.54, 1.807) is 19.5 Å². The standard InChI is InChI=1S/C27H38O2P/c1-28-24-18-12-19-25(29-2)27(24)23-17-10-11-20-26(23)30(3,21-13-6-4-7-14-21)22-15-8-5-9-16-22/h10-12,17-22H,4-9,13-16H2,1-3H3/q+1. The van der Waals surface area contributed by atoms with Crippen LogP contribution in [0.2, 0.25) is 0 Å². The fraction of sp³-hybridized carbons (Fsp3) is 0.556. The Balaban J connectivity index is 1.90. The lowest BCUT2D eigenvalue weighted by Gasteiger charge is -2.42. The van der Waals surface area contributed by atoms with E-state index in [-0.39, 0.29) is 0 Å². The molecule has 0 heterocycles. The molecule has 0 unspecified atom stereocenters. The highest BCUT2D eigenvalue weighted by Crippen LogP contribution is 2.69. The van der Waals surface area contributed by atoms with Crippen LogP contribution in [0.15, 0.2) is 42.5 Å². The average molecular weight is 426 g/mol. The van der Waals surface area contributed by atoms with Crippen molar-refractivity contribution in [3.05, 3.63) is 42.5 Å². The molecule has 0 aliphatic heterocycles. The number of methoxy groups -OCH3 is 2. The molecule has 2 aromatic rings. The third-order valence-electron chi connectivity index (χ3n) is 7.79. The molecule has 0 radical (unpaired) electrons. The predicted octanol–water partition coefficient (Wildman–Crippen LogP) is 7.31. The molecule has 2 aliphatic carbocycles. The number of benzene rings is 2. The Bertz CT molecular complexity index is 794. The summed E-state index contributed by atoms with van der Waals surface area (Å²) < 4.78 is 11.7. The maximum Gasteiger partial charge on any atom is 0.130 e. The van der Waals surface area contributed by atoms with Crippen molar-refractivity contribution >= 4 is 12.6 Å². The summed E-state index contributed by atoms with van der Waals surface area (Å²) in [6.07, 6.45) is 14.1. The molecule has 4 rings (SSSR count). The van der Waals surface area contributed by atoms with E-state index in [2.05, 4.69) is 43.1 Å². The van der Waals surface area contributed by atoms with Crippen LogP contribution in [0.3, 0.4) is 0 Å². The van der Waals surface area contributed by atoms with Gasteiger partial charge in [0, 0.05) is 5.56 Å². The first-order valence-corrected chi connectivity index (χ1v) is 14.2. The van der Waals surface area contributed by atoms with Crippen LogP contribution in [0.4, 0.5) is 0 Å². The Morgan fingerprint density at radius 2 is 1.17 bits per heavy atom. The summed E-state index contributed by atoms with van der Waals surface area (Å²) in [5.74, 6) is 1.83. The van der Waals surface area contributed by atoms with Crippen LogP contribution in [-0.4, -0.2) is 32.2 Å². The number of ether oxygens (including phenoxy) is 2. The number of rotatable bonds is 6. The van der Waals surface area contributed by atoms with Crippen molar-refractivity contribution in [2.45, 2.75) is 75.5 Å². The SMILES string of the molecule is COc1cccc(OC)c1-c1ccccc1[P+](C)(C1CCCCC1)C1CCCCC1. The van der Waals surface area contributed by atoms with Crippen LogP contribution in [0.25, 0.3) is 11.1 Å². The molecular weight excluding hydrogens is 387 g/mol. The third-order valence-corrected chi connectivity index (χ3v) is 13.3. The monoisotopic (exact) mass is 425 g/mol. The molecule has 0 saturated heterocycles. The second-order valence-electron chi connectivity index (χ2n) is 9.29. The lowest BCUT2D eigenvalue weighted by Crippen LogP contribution is -2.34. The molecule has 2 saturated carbocycles. The average Bonchev–Trinajstić information content (AvgIpc) is 2.84. The first-order chi connectivity index (χ1) is 14.7. The zero-order valence-electron chi connectivity index (χ0n) is 19.0. The van der Waals surface area contributed by atoms with Crippen LogP contribution in [0, 0.1) is 0 Å². The lowest BCUT2D eigenvalue weighted by molar-refractivity contribution is 0.397. The van der Waals surface area contributed by atoms with Gasteiger partial charge in [0.15, 0.2) is 0 Å². The van der Waals surface area contributed by atoms with Crippen LogP contribution in [-0.2, 0) is 0 Å². The predicted molar refractivity (Wildman–Crippen MR) is 131 cm³/mol. The molecule has 0 spiro atoms. The van der Waals surface area contributed by atoms with Gasteiger partial charge in [0.05, 0.1) is 45.0 Å². The van der Waals surface area contributed by atoms with Gasteiger partial charge in [-0.15, -0.1) is 0 Å². The van der Waals surface area contributed by atoms with Gasteiger partial charge in [-0.1, -0.05) is 37.1 Å². The second kappa shape index (κ2) is 9.73. The molecule has 0 aromatic heterocycles. The topological polar surface area (TPSA) is 18.5 Å². The Kier molecular flexibility index (Phi) is 7.04. The van der Waals surface area contributed by atoms with Gasteiger partial charge in [-0.3, -0.25) is 0 Å². The van der Waals surface area contributed by atoms with E-state index in [4.69, 9.17) is 9.47 Å². The van der Waals surface area contributed by atoms with E-state index in [0.29, 0.717) is 0 Å². The fourth-order valence-electron chi connectivity index (χ4n) is 6.15. The summed E-state index contributed by atoms with van der Waals surface area (Å²) in [4.78, 5) is 0. The third kappa shape index (κ3) is 4.01. The summed E-state index contributed by atoms with van der Waals surface area (Å²) in [5.41, 5.74) is 4.22. The van der Waals surface area contributed by atoms with Crippen molar-refractivity contribution in [1.29, 1.82) is 0 Å². The van der Waals surface area contributed by atoms with Gasteiger partial charge in [-0.05, 0) is 69.6 Å². The van der Waals surface area contributed by atoms with E-state index in [9.17, 15) is 0 Å². The van der Waals surface area contributed by atoms with Crippen LogP contribution in [0.1, 0.15) is 64.2 Å². The van der Waals surface area contributed by atoms with Gasteiger partial charge < -0.3 is 9.47 Å². The maximum absolute atomic E-state index is 5.83. The molecular formula is C27H38O2P+. The molecule has 30 heavy (non-hydrogen) atoms. The van der Waals surface area contributed by atoms with E-state index in [1.807, 2.05) is 6.07 Å². The van der Waals surface area contributed by atoms with Gasteiger partial charge in [-0.25, -0.2) is 0 Å². The first-order valence-electron chi connectivity index (χ1n) is 11.9. The highest BCUT2D eigenvalue weighted by molar-refractivity contribution is 7.83. The van der Waals surface area contributed by atoms with Crippen molar-refractivity contribution in [2.24, 2.45) is 0 Å². The summed E-state index contributed by atoms with van der Waals surface area (Å²) in [5, 5.41) is 1.62. The molecule has 3 heteroatoms. The van der Waals surface area contributed by atoms with Crippen LogP contribution in [0.5, 0.6) is 11.5 Å². The molecule has 2 nitrogen and oxygen atoms in total. The van der Waals surface area contributed by atoms with Gasteiger partial charge >= 0.3 is 0 Å². The van der Waals surface area contributed by atoms with Crippen LogP contribution < -0.4 is 14.8 Å². The maximum atomic E-state index is 5.83. The van der Waals surface area contributed by atoms with Crippen molar-refractivity contribution in [1.82, 2.24) is 0 Å². The molecule has 0 bridgehead atoms. The Morgan fingerprint density at radius 1 is 0.667 bits per heavy atom. The highest BCUT2D eigenvalue weighted by Gasteiger charge is 2.51. The summed E-state index contributed by atoms with van der Waals surface area (Å²) >= 11 is 0. The quantitative estimate of drug-likeness (QED) is 0.452. The normalized spacial score (nSPS) is 18.9. The van der Waals surface area contributed by atoms with Gasteiger partial charge in [0.1, 0.15) is 16.8 Å². The smallest absolute Gasteiger partial charge is 0.130 e. The van der Waals surface area contributed by atoms with Crippen molar-refractivity contribution in [3.8, 4) is 22.6 Å². The minimum Gasteiger partial charge on any atom is -0.496 e. The number of hydrogen-bond donors (Lipinski definition) is 0. The minimum absolute atomic E-state index is 0.871. The van der Waals surface area contributed by atoms with Gasteiger partial charge in [0.2, 0.25) is 0 Å². The molecule has 162 valence electrons. The van der Waals surface area contributed by atoms with Crippen molar-refractivity contribution in [3.63, 3.8) is 0 Å². The van der Waals surface area contributed by atoms with Crippen molar-refractivity contribution < 1.29 is 9.47 Å². The van der Waals surface area contributed by atoms with E-state index in [1.165, 1.54) is 69.8 Å². The van der Waals surface area contributed by atoms with E-state index in [0.717, 1.165) is 28.4 Å².